The number of nitrogens with zero attached hydrogens (tertiary/aromatic N) is 1. The zero-order chi connectivity index (χ0) is 13.0. The predicted molar refractivity (Wildman–Crippen MR) is 65.5 cm³/mol. The smallest absolute Gasteiger partial charge is 0.337 e. The minimum absolute atomic E-state index is 0.0293. The van der Waals surface area contributed by atoms with Gasteiger partial charge < -0.3 is 10.4 Å². The summed E-state index contributed by atoms with van der Waals surface area (Å²) in [5.74, 6) is -0.592. The molecule has 2 N–H and O–H groups in total. The van der Waals surface area contributed by atoms with Crippen molar-refractivity contribution in [1.29, 1.82) is 0 Å². The molecule has 96 valence electrons. The highest BCUT2D eigenvalue weighted by atomic mass is 16.4. The molecule has 1 amide bonds. The summed E-state index contributed by atoms with van der Waals surface area (Å²) in [6.07, 6.45) is 7.41. The van der Waals surface area contributed by atoms with Gasteiger partial charge in [0.05, 0.1) is 11.1 Å². The van der Waals surface area contributed by atoms with Gasteiger partial charge in [-0.15, -0.1) is 0 Å². The van der Waals surface area contributed by atoms with E-state index >= 15 is 0 Å². The summed E-state index contributed by atoms with van der Waals surface area (Å²) in [4.78, 5) is 26.3. The van der Waals surface area contributed by atoms with Crippen molar-refractivity contribution in [2.24, 2.45) is 5.92 Å². The Morgan fingerprint density at radius 1 is 1.33 bits per heavy atom. The van der Waals surface area contributed by atoms with Crippen molar-refractivity contribution in [2.75, 3.05) is 6.54 Å². The molecule has 0 unspecified atom stereocenters. The van der Waals surface area contributed by atoms with E-state index < -0.39 is 5.97 Å². The maximum atomic E-state index is 11.8. The van der Waals surface area contributed by atoms with E-state index in [0.29, 0.717) is 12.1 Å². The van der Waals surface area contributed by atoms with Crippen LogP contribution in [0, 0.1) is 5.92 Å². The molecule has 0 atom stereocenters. The molecule has 1 aliphatic carbocycles. The van der Waals surface area contributed by atoms with Gasteiger partial charge in [-0.1, -0.05) is 19.3 Å². The molecule has 5 heteroatoms. The molecular weight excluding hydrogens is 232 g/mol. The van der Waals surface area contributed by atoms with Crippen molar-refractivity contribution >= 4 is 11.9 Å². The molecule has 0 bridgehead atoms. The molecule has 0 spiro atoms. The second-order valence-corrected chi connectivity index (χ2v) is 4.61. The van der Waals surface area contributed by atoms with Gasteiger partial charge in [0.2, 0.25) is 0 Å². The van der Waals surface area contributed by atoms with Gasteiger partial charge in [-0.3, -0.25) is 9.78 Å². The zero-order valence-corrected chi connectivity index (χ0v) is 10.1. The summed E-state index contributed by atoms with van der Waals surface area (Å²) in [5.41, 5.74) is 0.324. The standard InChI is InChI=1S/C13H16N2O3/c16-12(15-5-4-9-2-1-3-9)10-6-11(13(17)18)8-14-7-10/h6-9H,1-5H2,(H,15,16)(H,17,18). The zero-order valence-electron chi connectivity index (χ0n) is 10.1. The first-order valence-electron chi connectivity index (χ1n) is 6.13. The number of hydrogen-bond acceptors (Lipinski definition) is 3. The van der Waals surface area contributed by atoms with Crippen LogP contribution in [-0.2, 0) is 0 Å². The fraction of sp³-hybridized carbons (Fsp3) is 0.462. The highest BCUT2D eigenvalue weighted by molar-refractivity contribution is 5.96. The van der Waals surface area contributed by atoms with E-state index in [0.717, 1.165) is 12.3 Å². The van der Waals surface area contributed by atoms with Crippen molar-refractivity contribution in [3.8, 4) is 0 Å². The number of hydrogen-bond donors (Lipinski definition) is 2. The van der Waals surface area contributed by atoms with Crippen LogP contribution in [0.25, 0.3) is 0 Å². The Morgan fingerprint density at radius 2 is 2.06 bits per heavy atom. The van der Waals surface area contributed by atoms with Crippen LogP contribution in [0.5, 0.6) is 0 Å². The first-order chi connectivity index (χ1) is 8.66. The molecule has 1 aromatic heterocycles. The molecule has 1 aliphatic rings. The number of nitrogens with one attached hydrogen (secondary N) is 1. The lowest BCUT2D eigenvalue weighted by atomic mass is 9.83. The van der Waals surface area contributed by atoms with Gasteiger partial charge in [0, 0.05) is 18.9 Å². The summed E-state index contributed by atoms with van der Waals surface area (Å²) in [5, 5.41) is 11.6. The second-order valence-electron chi connectivity index (χ2n) is 4.61. The quantitative estimate of drug-likeness (QED) is 0.831. The normalized spacial score (nSPS) is 14.9. The van der Waals surface area contributed by atoms with Crippen molar-refractivity contribution in [1.82, 2.24) is 10.3 Å². The lowest BCUT2D eigenvalue weighted by Crippen LogP contribution is -2.27. The summed E-state index contributed by atoms with van der Waals surface area (Å²) in [6.45, 7) is 0.640. The van der Waals surface area contributed by atoms with Crippen molar-refractivity contribution in [3.05, 3.63) is 29.6 Å². The third kappa shape index (κ3) is 3.06. The number of carbonyl (C=O) groups excluding carboxylic acids is 1. The van der Waals surface area contributed by atoms with E-state index in [1.807, 2.05) is 0 Å². The van der Waals surface area contributed by atoms with E-state index in [1.54, 1.807) is 0 Å². The van der Waals surface area contributed by atoms with E-state index in [4.69, 9.17) is 5.11 Å². The third-order valence-electron chi connectivity index (χ3n) is 3.31. The lowest BCUT2D eigenvalue weighted by molar-refractivity contribution is 0.0696. The van der Waals surface area contributed by atoms with E-state index in [1.165, 1.54) is 37.7 Å². The van der Waals surface area contributed by atoms with E-state index in [9.17, 15) is 9.59 Å². The molecule has 5 nitrogen and oxygen atoms in total. The molecule has 0 aromatic carbocycles. The molecule has 0 radical (unpaired) electrons. The van der Waals surface area contributed by atoms with Gasteiger partial charge in [-0.25, -0.2) is 4.79 Å². The van der Waals surface area contributed by atoms with Crippen molar-refractivity contribution in [2.45, 2.75) is 25.7 Å². The Morgan fingerprint density at radius 3 is 2.67 bits per heavy atom. The molecule has 1 heterocycles. The first-order valence-corrected chi connectivity index (χ1v) is 6.13. The molecular formula is C13H16N2O3. The van der Waals surface area contributed by atoms with Crippen LogP contribution < -0.4 is 5.32 Å². The number of carbonyl (C=O) groups is 2. The summed E-state index contributed by atoms with van der Waals surface area (Å²) in [6, 6.07) is 1.34. The summed E-state index contributed by atoms with van der Waals surface area (Å²) < 4.78 is 0. The van der Waals surface area contributed by atoms with Crippen molar-refractivity contribution < 1.29 is 14.7 Å². The number of aromatic nitrogens is 1. The van der Waals surface area contributed by atoms with Crippen LogP contribution in [0.2, 0.25) is 0 Å². The van der Waals surface area contributed by atoms with Gasteiger partial charge in [-0.2, -0.15) is 0 Å². The van der Waals surface area contributed by atoms with Gasteiger partial charge in [-0.05, 0) is 18.4 Å². The Hall–Kier alpha value is -1.91. The van der Waals surface area contributed by atoms with Crippen LogP contribution in [0.1, 0.15) is 46.4 Å². The van der Waals surface area contributed by atoms with E-state index in [-0.39, 0.29) is 11.5 Å². The topological polar surface area (TPSA) is 79.3 Å². The van der Waals surface area contributed by atoms with Crippen LogP contribution in [0.4, 0.5) is 0 Å². The Bertz CT molecular complexity index is 455. The molecule has 1 saturated carbocycles. The number of rotatable bonds is 5. The van der Waals surface area contributed by atoms with Crippen LogP contribution in [0.3, 0.4) is 0 Å². The van der Waals surface area contributed by atoms with Crippen LogP contribution >= 0.6 is 0 Å². The minimum atomic E-state index is -1.08. The highest BCUT2D eigenvalue weighted by Crippen LogP contribution is 2.28. The molecule has 18 heavy (non-hydrogen) atoms. The molecule has 1 fully saturated rings. The third-order valence-corrected chi connectivity index (χ3v) is 3.31. The Labute approximate surface area is 105 Å². The monoisotopic (exact) mass is 248 g/mol. The van der Waals surface area contributed by atoms with Gasteiger partial charge in [0.15, 0.2) is 0 Å². The average Bonchev–Trinajstić information content (AvgIpc) is 2.32. The van der Waals surface area contributed by atoms with Crippen LogP contribution in [-0.4, -0.2) is 28.5 Å². The van der Waals surface area contributed by atoms with E-state index in [2.05, 4.69) is 10.3 Å². The fourth-order valence-electron chi connectivity index (χ4n) is 1.95. The molecule has 2 rings (SSSR count). The Kier molecular flexibility index (Phi) is 3.92. The molecule has 0 saturated heterocycles. The lowest BCUT2D eigenvalue weighted by Gasteiger charge is -2.25. The fourth-order valence-corrected chi connectivity index (χ4v) is 1.95. The summed E-state index contributed by atoms with van der Waals surface area (Å²) in [7, 11) is 0. The first kappa shape index (κ1) is 12.5. The maximum Gasteiger partial charge on any atom is 0.337 e. The van der Waals surface area contributed by atoms with Gasteiger partial charge in [0.1, 0.15) is 0 Å². The number of carboxylic acids is 1. The Balaban J connectivity index is 1.87. The SMILES string of the molecule is O=C(O)c1cncc(C(=O)NCCC2CCC2)c1. The number of amides is 1. The van der Waals surface area contributed by atoms with Crippen molar-refractivity contribution in [3.63, 3.8) is 0 Å². The molecule has 1 aromatic rings. The maximum absolute atomic E-state index is 11.8. The summed E-state index contributed by atoms with van der Waals surface area (Å²) >= 11 is 0. The highest BCUT2D eigenvalue weighted by Gasteiger charge is 2.17. The largest absolute Gasteiger partial charge is 0.478 e. The second kappa shape index (κ2) is 5.62. The van der Waals surface area contributed by atoms with Crippen LogP contribution in [0.15, 0.2) is 18.5 Å². The average molecular weight is 248 g/mol. The number of aromatic carboxylic acids is 1. The number of carboxylic acid groups (broad SMARTS) is 1. The van der Waals surface area contributed by atoms with Gasteiger partial charge in [0.25, 0.3) is 5.91 Å². The minimum Gasteiger partial charge on any atom is -0.478 e. The van der Waals surface area contributed by atoms with Gasteiger partial charge >= 0.3 is 5.97 Å². The number of pyridine rings is 1. The predicted octanol–water partition coefficient (Wildman–Crippen LogP) is 1.70. The molecule has 0 aliphatic heterocycles.